The summed E-state index contributed by atoms with van der Waals surface area (Å²) in [5.41, 5.74) is 0.522. The first-order valence-electron chi connectivity index (χ1n) is 8.83. The van der Waals surface area contributed by atoms with Crippen LogP contribution in [0.4, 0.5) is 4.39 Å². The topological polar surface area (TPSA) is 101 Å². The molecule has 1 aromatic carbocycles. The Hall–Kier alpha value is -3.20. The van der Waals surface area contributed by atoms with Crippen LogP contribution in [0.15, 0.2) is 29.1 Å². The molecular formula is C19H19FN4O4. The first-order chi connectivity index (χ1) is 13.3. The van der Waals surface area contributed by atoms with Gasteiger partial charge in [0, 0.05) is 20.1 Å². The monoisotopic (exact) mass is 386 g/mol. The van der Waals surface area contributed by atoms with Crippen molar-refractivity contribution in [2.24, 2.45) is 0 Å². The molecule has 0 saturated carbocycles. The maximum atomic E-state index is 13.1. The van der Waals surface area contributed by atoms with Gasteiger partial charge in [0.15, 0.2) is 11.4 Å². The number of aliphatic hydroxyl groups excluding tert-OH is 1. The van der Waals surface area contributed by atoms with Crippen LogP contribution in [0, 0.1) is 5.82 Å². The number of amides is 1. The molecule has 8 nitrogen and oxygen atoms in total. The molecule has 4 rings (SSSR count). The number of aromatic hydroxyl groups is 1. The third-order valence-corrected chi connectivity index (χ3v) is 5.01. The maximum Gasteiger partial charge on any atom is 0.280 e. The van der Waals surface area contributed by atoms with Crippen LogP contribution in [0.2, 0.25) is 0 Å². The Bertz CT molecular complexity index is 1150. The van der Waals surface area contributed by atoms with Gasteiger partial charge in [0.2, 0.25) is 0 Å². The average molecular weight is 386 g/mol. The maximum absolute atomic E-state index is 13.1. The fourth-order valence-electron chi connectivity index (χ4n) is 3.55. The number of fused-ring (bicyclic) bond motifs is 3. The Labute approximate surface area is 159 Å². The van der Waals surface area contributed by atoms with Gasteiger partial charge in [0.25, 0.3) is 11.5 Å². The minimum absolute atomic E-state index is 0.0177. The molecule has 1 aliphatic heterocycles. The van der Waals surface area contributed by atoms with Gasteiger partial charge in [0.1, 0.15) is 16.9 Å². The van der Waals surface area contributed by atoms with E-state index in [0.29, 0.717) is 18.7 Å². The molecule has 1 unspecified atom stereocenters. The van der Waals surface area contributed by atoms with Gasteiger partial charge in [0.05, 0.1) is 18.2 Å². The lowest BCUT2D eigenvalue weighted by molar-refractivity contribution is 0.0746. The van der Waals surface area contributed by atoms with Crippen molar-refractivity contribution < 1.29 is 19.4 Å². The van der Waals surface area contributed by atoms with E-state index in [9.17, 15) is 24.2 Å². The second kappa shape index (κ2) is 6.45. The number of aromatic nitrogens is 3. The van der Waals surface area contributed by atoms with E-state index in [1.165, 1.54) is 36.1 Å². The number of aliphatic hydroxyl groups is 1. The standard InChI is InChI=1S/C19H19FN4O4/c1-10(25)14-15-13(17(26)16-19(28)22(2)7-8-23(15)16)18(27)24(21-14)9-11-3-5-12(20)6-4-11/h3-6,10,25-26H,7-9H2,1-2H3. The summed E-state index contributed by atoms with van der Waals surface area (Å²) in [6, 6.07) is 5.60. The number of likely N-dealkylation sites (N-methyl/N-ethyl adjacent to an activating group) is 1. The van der Waals surface area contributed by atoms with Gasteiger partial charge in [-0.3, -0.25) is 9.59 Å². The van der Waals surface area contributed by atoms with Gasteiger partial charge in [-0.2, -0.15) is 5.10 Å². The average Bonchev–Trinajstić information content (AvgIpc) is 2.95. The molecule has 1 atom stereocenters. The van der Waals surface area contributed by atoms with Crippen LogP contribution in [-0.4, -0.2) is 49.0 Å². The fraction of sp³-hybridized carbons (Fsp3) is 0.316. The van der Waals surface area contributed by atoms with Crippen molar-refractivity contribution in [3.8, 4) is 5.75 Å². The molecule has 0 spiro atoms. The van der Waals surface area contributed by atoms with E-state index in [2.05, 4.69) is 5.10 Å². The normalized spacial score (nSPS) is 15.1. The molecule has 28 heavy (non-hydrogen) atoms. The SMILES string of the molecule is CC(O)c1nn(Cc2ccc(F)cc2)c(=O)c2c(O)c3n(c12)CCN(C)C3=O. The van der Waals surface area contributed by atoms with Gasteiger partial charge in [-0.15, -0.1) is 0 Å². The van der Waals surface area contributed by atoms with Crippen molar-refractivity contribution in [1.29, 1.82) is 0 Å². The van der Waals surface area contributed by atoms with Crippen molar-refractivity contribution in [2.75, 3.05) is 13.6 Å². The summed E-state index contributed by atoms with van der Waals surface area (Å²) >= 11 is 0. The second-order valence-electron chi connectivity index (χ2n) is 6.95. The summed E-state index contributed by atoms with van der Waals surface area (Å²) in [4.78, 5) is 27.0. The van der Waals surface area contributed by atoms with E-state index in [1.54, 1.807) is 11.6 Å². The lowest BCUT2D eigenvalue weighted by Crippen LogP contribution is -2.37. The lowest BCUT2D eigenvalue weighted by Gasteiger charge is -2.25. The molecule has 9 heteroatoms. The molecule has 0 saturated heterocycles. The molecule has 3 aromatic rings. The van der Waals surface area contributed by atoms with Gasteiger partial charge >= 0.3 is 0 Å². The lowest BCUT2D eigenvalue weighted by atomic mass is 10.2. The molecule has 0 radical (unpaired) electrons. The van der Waals surface area contributed by atoms with Crippen LogP contribution in [0.3, 0.4) is 0 Å². The molecule has 0 bridgehead atoms. The zero-order valence-electron chi connectivity index (χ0n) is 15.4. The van der Waals surface area contributed by atoms with Gasteiger partial charge in [-0.25, -0.2) is 9.07 Å². The van der Waals surface area contributed by atoms with Crippen LogP contribution in [0.25, 0.3) is 10.9 Å². The van der Waals surface area contributed by atoms with Crippen LogP contribution >= 0.6 is 0 Å². The fourth-order valence-corrected chi connectivity index (χ4v) is 3.55. The van der Waals surface area contributed by atoms with Crippen LogP contribution in [0.1, 0.15) is 34.8 Å². The number of nitrogens with zero attached hydrogens (tertiary/aromatic N) is 4. The summed E-state index contributed by atoms with van der Waals surface area (Å²) in [6.07, 6.45) is -1.03. The van der Waals surface area contributed by atoms with E-state index in [4.69, 9.17) is 0 Å². The zero-order chi connectivity index (χ0) is 20.2. The zero-order valence-corrected chi connectivity index (χ0v) is 15.4. The molecule has 0 aliphatic carbocycles. The number of benzene rings is 1. The number of carbonyl (C=O) groups excluding carboxylic acids is 1. The first kappa shape index (κ1) is 18.2. The van der Waals surface area contributed by atoms with E-state index < -0.39 is 29.1 Å². The summed E-state index contributed by atoms with van der Waals surface area (Å²) in [5, 5.41) is 25.2. The van der Waals surface area contributed by atoms with Crippen LogP contribution < -0.4 is 5.56 Å². The van der Waals surface area contributed by atoms with E-state index in [1.807, 2.05) is 0 Å². The van der Waals surface area contributed by atoms with Gasteiger partial charge < -0.3 is 19.7 Å². The quantitative estimate of drug-likeness (QED) is 0.705. The molecular weight excluding hydrogens is 367 g/mol. The van der Waals surface area contributed by atoms with Crippen molar-refractivity contribution in [1.82, 2.24) is 19.2 Å². The predicted octanol–water partition coefficient (Wildman–Crippen LogP) is 1.23. The van der Waals surface area contributed by atoms with E-state index in [0.717, 1.165) is 4.68 Å². The number of halogens is 1. The highest BCUT2D eigenvalue weighted by molar-refractivity contribution is 6.04. The minimum atomic E-state index is -1.03. The second-order valence-corrected chi connectivity index (χ2v) is 6.95. The largest absolute Gasteiger partial charge is 0.505 e. The Morgan fingerprint density at radius 1 is 1.21 bits per heavy atom. The highest BCUT2D eigenvalue weighted by Crippen LogP contribution is 2.35. The molecule has 1 aliphatic rings. The Morgan fingerprint density at radius 3 is 2.54 bits per heavy atom. The highest BCUT2D eigenvalue weighted by Gasteiger charge is 2.33. The molecule has 1 amide bonds. The van der Waals surface area contributed by atoms with Gasteiger partial charge in [-0.1, -0.05) is 12.1 Å². The van der Waals surface area contributed by atoms with E-state index >= 15 is 0 Å². The Kier molecular flexibility index (Phi) is 4.19. The molecule has 3 heterocycles. The van der Waals surface area contributed by atoms with Crippen molar-refractivity contribution >= 4 is 16.8 Å². The predicted molar refractivity (Wildman–Crippen MR) is 98.8 cm³/mol. The molecule has 146 valence electrons. The first-order valence-corrected chi connectivity index (χ1v) is 8.83. The number of rotatable bonds is 3. The van der Waals surface area contributed by atoms with Gasteiger partial charge in [-0.05, 0) is 24.6 Å². The van der Waals surface area contributed by atoms with Crippen LogP contribution in [-0.2, 0) is 13.1 Å². The van der Waals surface area contributed by atoms with Crippen molar-refractivity contribution in [2.45, 2.75) is 26.1 Å². The van der Waals surface area contributed by atoms with Crippen LogP contribution in [0.5, 0.6) is 5.75 Å². The van der Waals surface area contributed by atoms with E-state index in [-0.39, 0.29) is 28.8 Å². The molecule has 2 N–H and O–H groups in total. The minimum Gasteiger partial charge on any atom is -0.505 e. The summed E-state index contributed by atoms with van der Waals surface area (Å²) in [5.74, 6) is -1.21. The summed E-state index contributed by atoms with van der Waals surface area (Å²) in [6.45, 7) is 2.31. The highest BCUT2D eigenvalue weighted by atomic mass is 19.1. The van der Waals surface area contributed by atoms with Crippen molar-refractivity contribution in [3.05, 3.63) is 57.4 Å². The van der Waals surface area contributed by atoms with Crippen molar-refractivity contribution in [3.63, 3.8) is 0 Å². The number of hydrogen-bond donors (Lipinski definition) is 2. The Balaban J connectivity index is 1.98. The number of hydrogen-bond acceptors (Lipinski definition) is 5. The summed E-state index contributed by atoms with van der Waals surface area (Å²) in [7, 11) is 1.61. The Morgan fingerprint density at radius 2 is 1.89 bits per heavy atom. The summed E-state index contributed by atoms with van der Waals surface area (Å²) < 4.78 is 15.8. The third kappa shape index (κ3) is 2.66. The smallest absolute Gasteiger partial charge is 0.280 e. The molecule has 0 fully saturated rings. The third-order valence-electron chi connectivity index (χ3n) is 5.01. The molecule has 2 aromatic heterocycles. The number of carbonyl (C=O) groups is 1.